The fourth-order valence-electron chi connectivity index (χ4n) is 3.83. The van der Waals surface area contributed by atoms with E-state index in [1.165, 1.54) is 13.2 Å². The molecule has 1 aliphatic rings. The summed E-state index contributed by atoms with van der Waals surface area (Å²) in [6, 6.07) is 20.9. The molecule has 0 aliphatic carbocycles. The lowest BCUT2D eigenvalue weighted by molar-refractivity contribution is 0.178. The number of hydrogen-bond acceptors (Lipinski definition) is 4. The molecular weight excluding hydrogens is 381 g/mol. The number of hydrogen-bond donors (Lipinski definition) is 1. The van der Waals surface area contributed by atoms with Crippen molar-refractivity contribution in [2.24, 2.45) is 0 Å². The van der Waals surface area contributed by atoms with Crippen LogP contribution < -0.4 is 9.47 Å². The summed E-state index contributed by atoms with van der Waals surface area (Å²) in [4.78, 5) is 2.22. The van der Waals surface area contributed by atoms with Gasteiger partial charge in [0.1, 0.15) is 12.4 Å². The second kappa shape index (κ2) is 9.28. The Bertz CT molecular complexity index is 993. The second-order valence-corrected chi connectivity index (χ2v) is 7.60. The number of halogens is 1. The highest BCUT2D eigenvalue weighted by Gasteiger charge is 2.18. The number of ether oxygens (including phenoxy) is 2. The minimum Gasteiger partial charge on any atom is -0.494 e. The molecule has 3 aromatic carbocycles. The van der Waals surface area contributed by atoms with Gasteiger partial charge in [0, 0.05) is 31.6 Å². The van der Waals surface area contributed by atoms with Gasteiger partial charge in [0.25, 0.3) is 0 Å². The Labute approximate surface area is 176 Å². The van der Waals surface area contributed by atoms with E-state index in [9.17, 15) is 9.50 Å². The Balaban J connectivity index is 1.49. The standard InChI is InChI=1S/C25H26FNO3/c1-29-25-9-7-19(13-22(25)26)16-27-11-12-30-24-10-8-20(15-21(24)17-27)23(28)14-18-5-3-2-4-6-18/h2-10,13,15,23,28H,11-12,14,16-17H2,1H3. The zero-order chi connectivity index (χ0) is 20.9. The van der Waals surface area contributed by atoms with Crippen LogP contribution in [0.3, 0.4) is 0 Å². The predicted octanol–water partition coefficient (Wildman–Crippen LogP) is 4.51. The van der Waals surface area contributed by atoms with Gasteiger partial charge in [0.15, 0.2) is 11.6 Å². The van der Waals surface area contributed by atoms with E-state index in [0.717, 1.165) is 34.5 Å². The van der Waals surface area contributed by atoms with E-state index in [1.807, 2.05) is 54.6 Å². The molecule has 0 saturated carbocycles. The molecule has 0 bridgehead atoms. The van der Waals surface area contributed by atoms with Crippen LogP contribution in [0.15, 0.2) is 66.7 Å². The summed E-state index contributed by atoms with van der Waals surface area (Å²) in [6.07, 6.45) is -0.0138. The van der Waals surface area contributed by atoms with Gasteiger partial charge in [-0.25, -0.2) is 4.39 Å². The number of benzene rings is 3. The van der Waals surface area contributed by atoms with Crippen LogP contribution in [0.1, 0.15) is 28.4 Å². The zero-order valence-corrected chi connectivity index (χ0v) is 17.1. The molecule has 0 radical (unpaired) electrons. The minimum atomic E-state index is -0.579. The molecule has 1 heterocycles. The summed E-state index contributed by atoms with van der Waals surface area (Å²) in [5.41, 5.74) is 3.89. The molecule has 1 N–H and O–H groups in total. The van der Waals surface area contributed by atoms with Crippen LogP contribution in [0.4, 0.5) is 4.39 Å². The highest BCUT2D eigenvalue weighted by molar-refractivity contribution is 5.39. The molecule has 4 nitrogen and oxygen atoms in total. The third-order valence-corrected chi connectivity index (χ3v) is 5.42. The van der Waals surface area contributed by atoms with E-state index in [2.05, 4.69) is 4.90 Å². The van der Waals surface area contributed by atoms with Gasteiger partial charge in [-0.05, 0) is 41.0 Å². The zero-order valence-electron chi connectivity index (χ0n) is 17.1. The minimum absolute atomic E-state index is 0.250. The van der Waals surface area contributed by atoms with E-state index in [0.29, 0.717) is 26.1 Å². The number of nitrogens with zero attached hydrogens (tertiary/aromatic N) is 1. The van der Waals surface area contributed by atoms with Crippen LogP contribution >= 0.6 is 0 Å². The van der Waals surface area contributed by atoms with Crippen molar-refractivity contribution in [2.45, 2.75) is 25.6 Å². The van der Waals surface area contributed by atoms with Crippen LogP contribution in [0, 0.1) is 5.82 Å². The van der Waals surface area contributed by atoms with Crippen LogP contribution in [0.5, 0.6) is 11.5 Å². The first-order valence-electron chi connectivity index (χ1n) is 10.1. The average molecular weight is 407 g/mol. The first-order chi connectivity index (χ1) is 14.6. The summed E-state index contributed by atoms with van der Waals surface area (Å²) >= 11 is 0. The SMILES string of the molecule is COc1ccc(CN2CCOc3ccc(C(O)Cc4ccccc4)cc3C2)cc1F. The molecule has 0 amide bonds. The summed E-state index contributed by atoms with van der Waals surface area (Å²) < 4.78 is 25.0. The Morgan fingerprint density at radius 2 is 1.90 bits per heavy atom. The van der Waals surface area contributed by atoms with Crippen molar-refractivity contribution in [1.82, 2.24) is 4.90 Å². The molecule has 1 aliphatic heterocycles. The maximum atomic E-state index is 14.0. The number of aliphatic hydroxyl groups is 1. The third-order valence-electron chi connectivity index (χ3n) is 5.42. The first-order valence-corrected chi connectivity index (χ1v) is 10.1. The summed E-state index contributed by atoms with van der Waals surface area (Å²) in [7, 11) is 1.46. The molecule has 1 atom stereocenters. The average Bonchev–Trinajstić information content (AvgIpc) is 2.95. The van der Waals surface area contributed by atoms with Gasteiger partial charge < -0.3 is 14.6 Å². The van der Waals surface area contributed by atoms with E-state index in [4.69, 9.17) is 9.47 Å². The number of rotatable bonds is 6. The topological polar surface area (TPSA) is 41.9 Å². The number of aliphatic hydroxyl groups excluding tert-OH is 1. The fraction of sp³-hybridized carbons (Fsp3) is 0.280. The predicted molar refractivity (Wildman–Crippen MR) is 114 cm³/mol. The van der Waals surface area contributed by atoms with Crippen molar-refractivity contribution in [2.75, 3.05) is 20.3 Å². The van der Waals surface area contributed by atoms with Crippen molar-refractivity contribution >= 4 is 0 Å². The summed E-state index contributed by atoms with van der Waals surface area (Å²) in [6.45, 7) is 2.59. The maximum Gasteiger partial charge on any atom is 0.165 e. The van der Waals surface area contributed by atoms with Crippen LogP contribution in [-0.4, -0.2) is 30.3 Å². The Morgan fingerprint density at radius 3 is 2.67 bits per heavy atom. The Kier molecular flexibility index (Phi) is 6.31. The van der Waals surface area contributed by atoms with Gasteiger partial charge in [-0.2, -0.15) is 0 Å². The van der Waals surface area contributed by atoms with Crippen molar-refractivity contribution in [3.05, 3.63) is 94.8 Å². The molecule has 0 spiro atoms. The molecule has 156 valence electrons. The van der Waals surface area contributed by atoms with Crippen LogP contribution in [-0.2, 0) is 19.5 Å². The van der Waals surface area contributed by atoms with Crippen molar-refractivity contribution in [1.29, 1.82) is 0 Å². The molecule has 0 saturated heterocycles. The van der Waals surface area contributed by atoms with E-state index >= 15 is 0 Å². The Morgan fingerprint density at radius 1 is 1.07 bits per heavy atom. The van der Waals surface area contributed by atoms with Gasteiger partial charge in [0.05, 0.1) is 13.2 Å². The lowest BCUT2D eigenvalue weighted by atomic mass is 9.99. The highest BCUT2D eigenvalue weighted by atomic mass is 19.1. The van der Waals surface area contributed by atoms with Crippen LogP contribution in [0.25, 0.3) is 0 Å². The molecule has 0 fully saturated rings. The third kappa shape index (κ3) is 4.81. The summed E-state index contributed by atoms with van der Waals surface area (Å²) in [5.74, 6) is 0.738. The quantitative estimate of drug-likeness (QED) is 0.653. The first kappa shape index (κ1) is 20.4. The fourth-order valence-corrected chi connectivity index (χ4v) is 3.83. The van der Waals surface area contributed by atoms with Crippen molar-refractivity contribution in [3.8, 4) is 11.5 Å². The van der Waals surface area contributed by atoms with Gasteiger partial charge in [-0.3, -0.25) is 4.90 Å². The van der Waals surface area contributed by atoms with E-state index < -0.39 is 6.10 Å². The lowest BCUT2D eigenvalue weighted by Gasteiger charge is -2.20. The van der Waals surface area contributed by atoms with Gasteiger partial charge in [0.2, 0.25) is 0 Å². The molecule has 4 rings (SSSR count). The molecule has 30 heavy (non-hydrogen) atoms. The van der Waals surface area contributed by atoms with Gasteiger partial charge in [-0.15, -0.1) is 0 Å². The van der Waals surface area contributed by atoms with Crippen LogP contribution in [0.2, 0.25) is 0 Å². The van der Waals surface area contributed by atoms with E-state index in [1.54, 1.807) is 6.07 Å². The largest absolute Gasteiger partial charge is 0.494 e. The molecule has 5 heteroatoms. The van der Waals surface area contributed by atoms with E-state index in [-0.39, 0.29) is 11.6 Å². The monoisotopic (exact) mass is 407 g/mol. The molecule has 3 aromatic rings. The molecule has 1 unspecified atom stereocenters. The lowest BCUT2D eigenvalue weighted by Crippen LogP contribution is -2.25. The van der Waals surface area contributed by atoms with Crippen molar-refractivity contribution < 1.29 is 19.0 Å². The summed E-state index contributed by atoms with van der Waals surface area (Å²) in [5, 5.41) is 10.7. The van der Waals surface area contributed by atoms with Gasteiger partial charge in [-0.1, -0.05) is 42.5 Å². The number of methoxy groups -OCH3 is 1. The maximum absolute atomic E-state index is 14.0. The highest BCUT2D eigenvalue weighted by Crippen LogP contribution is 2.29. The molecule has 0 aromatic heterocycles. The Hall–Kier alpha value is -2.89. The smallest absolute Gasteiger partial charge is 0.165 e. The van der Waals surface area contributed by atoms with Gasteiger partial charge >= 0.3 is 0 Å². The van der Waals surface area contributed by atoms with Crippen molar-refractivity contribution in [3.63, 3.8) is 0 Å². The molecular formula is C25H26FNO3. The normalized spacial score (nSPS) is 15.0. The second-order valence-electron chi connectivity index (χ2n) is 7.60. The number of fused-ring (bicyclic) bond motifs is 1.